The van der Waals surface area contributed by atoms with E-state index in [4.69, 9.17) is 0 Å². The highest BCUT2D eigenvalue weighted by molar-refractivity contribution is 7.28. The summed E-state index contributed by atoms with van der Waals surface area (Å²) in [5.74, 6) is 0. The average molecular weight is 1520 g/mol. The molecule has 0 unspecified atom stereocenters. The minimum absolute atomic E-state index is 1.14. The zero-order chi connectivity index (χ0) is 74.9. The fourth-order valence-corrected chi connectivity index (χ4v) is 23.2. The fraction of sp³-hybridized carbons (Fsp3) is 0. The van der Waals surface area contributed by atoms with E-state index in [-0.39, 0.29) is 0 Å². The molecule has 25 aromatic rings. The van der Waals surface area contributed by atoms with Gasteiger partial charge >= 0.3 is 0 Å². The van der Waals surface area contributed by atoms with Gasteiger partial charge in [-0.1, -0.05) is 297 Å². The van der Waals surface area contributed by atoms with E-state index in [0.29, 0.717) is 0 Å². The molecule has 2 nitrogen and oxygen atoms in total. The minimum atomic E-state index is 1.14. The molecule has 25 rings (SSSR count). The number of hydrogen-bond acceptors (Lipinski definition) is 5. The van der Waals surface area contributed by atoms with Crippen molar-refractivity contribution < 1.29 is 0 Å². The van der Waals surface area contributed by atoms with Gasteiger partial charge in [-0.25, -0.2) is 0 Å². The van der Waals surface area contributed by atoms with Gasteiger partial charge in [-0.3, -0.25) is 0 Å². The number of para-hydroxylation sites is 4. The Balaban J connectivity index is 0.000000102. The third-order valence-electron chi connectivity index (χ3n) is 23.3. The van der Waals surface area contributed by atoms with Gasteiger partial charge in [-0.2, -0.15) is 0 Å². The summed E-state index contributed by atoms with van der Waals surface area (Å²) in [5, 5.41) is 29.2. The Hall–Kier alpha value is -13.6. The van der Waals surface area contributed by atoms with Crippen LogP contribution < -0.4 is 4.90 Å². The van der Waals surface area contributed by atoms with Crippen LogP contribution in [0.1, 0.15) is 0 Å². The predicted octanol–water partition coefficient (Wildman–Crippen LogP) is 33.0. The maximum atomic E-state index is 2.40. The summed E-state index contributed by atoms with van der Waals surface area (Å²) < 4.78 is 13.3. The molecule has 0 spiro atoms. The van der Waals surface area contributed by atoms with Gasteiger partial charge in [0, 0.05) is 136 Å². The number of fused-ring (bicyclic) bond motifs is 27. The first-order chi connectivity index (χ1) is 56.6. The number of rotatable bonds is 7. The Morgan fingerprint density at radius 1 is 0.184 bits per heavy atom. The number of nitrogens with zero attached hydrogens (tertiary/aromatic N) is 2. The van der Waals surface area contributed by atoms with Crippen molar-refractivity contribution in [2.75, 3.05) is 4.90 Å². The van der Waals surface area contributed by atoms with Gasteiger partial charge < -0.3 is 9.47 Å². The molecular weight excluding hydrogens is 1450 g/mol. The molecule has 0 atom stereocenters. The lowest BCUT2D eigenvalue weighted by molar-refractivity contribution is 1.18. The Kier molecular flexibility index (Phi) is 15.8. The molecule has 0 amide bonds. The number of thiophene rings is 4. The van der Waals surface area contributed by atoms with Crippen molar-refractivity contribution in [2.24, 2.45) is 0 Å². The Morgan fingerprint density at radius 2 is 0.482 bits per heavy atom. The second-order valence-corrected chi connectivity index (χ2v) is 33.8. The van der Waals surface area contributed by atoms with Gasteiger partial charge in [0.15, 0.2) is 0 Å². The molecule has 114 heavy (non-hydrogen) atoms. The lowest BCUT2D eigenvalue weighted by Gasteiger charge is -2.25. The first kappa shape index (κ1) is 66.2. The summed E-state index contributed by atoms with van der Waals surface area (Å²) >= 11 is 7.64. The molecule has 532 valence electrons. The van der Waals surface area contributed by atoms with Crippen LogP contribution in [0.5, 0.6) is 0 Å². The van der Waals surface area contributed by atoms with E-state index in [0.717, 1.165) is 17.1 Å². The average Bonchev–Trinajstić information content (AvgIpc) is 1.47. The Labute approximate surface area is 673 Å². The highest BCUT2D eigenvalue weighted by Crippen LogP contribution is 2.51. The largest absolute Gasteiger partial charge is 0.311 e. The van der Waals surface area contributed by atoms with Crippen molar-refractivity contribution in [3.8, 4) is 39.1 Å². The van der Waals surface area contributed by atoms with E-state index < -0.39 is 0 Å². The zero-order valence-corrected chi connectivity index (χ0v) is 64.9. The van der Waals surface area contributed by atoms with Crippen LogP contribution in [0, 0.1) is 0 Å². The topological polar surface area (TPSA) is 8.17 Å². The smallest absolute Gasteiger partial charge is 0.0541 e. The number of aromatic nitrogens is 1. The first-order valence-electron chi connectivity index (χ1n) is 38.8. The predicted molar refractivity (Wildman–Crippen MR) is 501 cm³/mol. The Bertz CT molecular complexity index is 8070. The summed E-state index contributed by atoms with van der Waals surface area (Å²) in [6.07, 6.45) is 0. The van der Waals surface area contributed by atoms with Gasteiger partial charge in [-0.05, 0) is 179 Å². The van der Waals surface area contributed by atoms with Crippen molar-refractivity contribution in [2.45, 2.75) is 0 Å². The van der Waals surface area contributed by atoms with Crippen molar-refractivity contribution >= 4 is 230 Å². The zero-order valence-electron chi connectivity index (χ0n) is 61.6. The Morgan fingerprint density at radius 3 is 0.904 bits per heavy atom. The van der Waals surface area contributed by atoms with E-state index in [1.807, 2.05) is 45.3 Å². The second kappa shape index (κ2) is 27.1. The molecule has 5 heterocycles. The van der Waals surface area contributed by atoms with E-state index in [1.165, 1.54) is 206 Å². The van der Waals surface area contributed by atoms with Crippen molar-refractivity contribution in [3.05, 3.63) is 400 Å². The fourth-order valence-electron chi connectivity index (χ4n) is 18.1. The molecular formula is C108H66N2S4. The molecule has 0 fully saturated rings. The molecule has 0 N–H and O–H groups in total. The van der Waals surface area contributed by atoms with Crippen LogP contribution in [-0.2, 0) is 0 Å². The summed E-state index contributed by atoms with van der Waals surface area (Å²) in [6, 6.07) is 146. The lowest BCUT2D eigenvalue weighted by atomic mass is 9.91. The van der Waals surface area contributed by atoms with Crippen LogP contribution in [0.4, 0.5) is 17.1 Å². The molecule has 20 aromatic carbocycles. The van der Waals surface area contributed by atoms with Crippen LogP contribution in [-0.4, -0.2) is 4.57 Å². The molecule has 5 aromatic heterocycles. The molecule has 0 aliphatic carbocycles. The van der Waals surface area contributed by atoms with Gasteiger partial charge in [-0.15, -0.1) is 45.3 Å². The maximum absolute atomic E-state index is 2.40. The van der Waals surface area contributed by atoms with Gasteiger partial charge in [0.1, 0.15) is 0 Å². The molecule has 0 aliphatic rings. The van der Waals surface area contributed by atoms with E-state index in [1.54, 1.807) is 0 Å². The summed E-state index contributed by atoms with van der Waals surface area (Å²) in [7, 11) is 0. The third-order valence-corrected chi connectivity index (χ3v) is 28.1. The van der Waals surface area contributed by atoms with Crippen LogP contribution in [0.15, 0.2) is 400 Å². The van der Waals surface area contributed by atoms with Gasteiger partial charge in [0.25, 0.3) is 0 Å². The monoisotopic (exact) mass is 1520 g/mol. The lowest BCUT2D eigenvalue weighted by Crippen LogP contribution is -2.09. The molecule has 0 aliphatic heterocycles. The quantitative estimate of drug-likeness (QED) is 0.144. The van der Waals surface area contributed by atoms with Gasteiger partial charge in [0.2, 0.25) is 0 Å². The highest BCUT2D eigenvalue weighted by atomic mass is 32.1. The number of hydrogen-bond donors (Lipinski definition) is 0. The number of anilines is 3. The molecule has 0 saturated heterocycles. The second-order valence-electron chi connectivity index (χ2n) is 29.6. The van der Waals surface area contributed by atoms with Crippen molar-refractivity contribution in [1.29, 1.82) is 0 Å². The summed E-state index contributed by atoms with van der Waals surface area (Å²) in [6.45, 7) is 0. The molecule has 0 bridgehead atoms. The summed E-state index contributed by atoms with van der Waals surface area (Å²) in [5.41, 5.74) is 14.7. The van der Waals surface area contributed by atoms with Gasteiger partial charge in [0.05, 0.1) is 11.0 Å². The standard InChI is InChI=1S/C38H23NS.C38H25NS.C32H18S2/c1-2-10-27-25(9-1)23-33(31-21-22-32-30-13-5-8-16-36(30)40-38(32)37(27)31)24-17-19-26(20-18-24)39-34-14-6-3-11-28(34)29-12-4-7-15-35(29)39;1-3-12-28(13-4-1)39(29-14-5-2-6-15-29)30-21-19-26(20-22-30)35-25-27-11-7-8-16-31(27)37-33(35)23-24-34-32-17-9-10-18-36(32)40-38(34)37;1-2-9-20-19(8-1)18-27(25-13-7-12-24-21-10-3-5-14-28(21)33-31(24)25)23-16-17-26-22-11-4-6-15-29(22)34-32(26)30(20)23/h1-23H;1-25H;1-18H. The number of benzene rings is 20. The molecule has 0 saturated carbocycles. The minimum Gasteiger partial charge on any atom is -0.311 e. The van der Waals surface area contributed by atoms with Crippen LogP contribution in [0.2, 0.25) is 0 Å². The molecule has 0 radical (unpaired) electrons. The van der Waals surface area contributed by atoms with E-state index in [9.17, 15) is 0 Å². The van der Waals surface area contributed by atoms with E-state index >= 15 is 0 Å². The van der Waals surface area contributed by atoms with E-state index in [2.05, 4.69) is 410 Å². The van der Waals surface area contributed by atoms with Crippen LogP contribution >= 0.6 is 45.3 Å². The SMILES string of the molecule is c1ccc(N(c2ccccc2)c2ccc(-c3cc4ccccc4c4c3ccc3c5ccccc5sc34)cc2)cc1.c1ccc2c(c1)cc(-c1ccc(-n3c4ccccc4c4ccccc43)cc1)c1ccc3c4ccccc4sc3c12.c1ccc2c(c1)cc(-c1cccc3c1sc1ccccc13)c1ccc3c4ccccc4sc3c12. The van der Waals surface area contributed by atoms with Crippen molar-refractivity contribution in [1.82, 2.24) is 4.57 Å². The van der Waals surface area contributed by atoms with Crippen molar-refractivity contribution in [3.63, 3.8) is 0 Å². The van der Waals surface area contributed by atoms with Crippen LogP contribution in [0.25, 0.3) is 206 Å². The summed E-state index contributed by atoms with van der Waals surface area (Å²) in [4.78, 5) is 2.31. The normalized spacial score (nSPS) is 11.9. The highest BCUT2D eigenvalue weighted by Gasteiger charge is 2.22. The molecule has 6 heteroatoms. The third kappa shape index (κ3) is 10.8. The van der Waals surface area contributed by atoms with Crippen LogP contribution in [0.3, 0.4) is 0 Å². The maximum Gasteiger partial charge on any atom is 0.0541 e. The first-order valence-corrected chi connectivity index (χ1v) is 42.1.